The normalized spacial score (nSPS) is 15.8. The second-order valence-electron chi connectivity index (χ2n) is 6.17. The number of carbonyl (C=O) groups is 1. The molecule has 0 spiro atoms. The van der Waals surface area contributed by atoms with Crippen LogP contribution < -0.4 is 0 Å². The van der Waals surface area contributed by atoms with Gasteiger partial charge in [-0.3, -0.25) is 9.69 Å². The van der Waals surface area contributed by atoms with Gasteiger partial charge < -0.3 is 4.90 Å². The molecule has 0 aliphatic carbocycles. The monoisotopic (exact) mass is 336 g/mol. The first-order valence-corrected chi connectivity index (χ1v) is 9.21. The van der Waals surface area contributed by atoms with Crippen molar-refractivity contribution in [1.29, 1.82) is 0 Å². The molecule has 4 heteroatoms. The average Bonchev–Trinajstić information content (AvgIpc) is 3.14. The number of hydrogen-bond donors (Lipinski definition) is 0. The van der Waals surface area contributed by atoms with Crippen LogP contribution in [0.1, 0.15) is 15.2 Å². The van der Waals surface area contributed by atoms with E-state index in [9.17, 15) is 4.79 Å². The third-order valence-corrected chi connectivity index (χ3v) is 5.50. The molecule has 1 fully saturated rings. The number of hydrogen-bond acceptors (Lipinski definition) is 3. The Morgan fingerprint density at radius 2 is 1.71 bits per heavy atom. The molecule has 4 rings (SSSR count). The lowest BCUT2D eigenvalue weighted by atomic mass is 10.0. The molecule has 2 aromatic carbocycles. The Morgan fingerprint density at radius 3 is 2.50 bits per heavy atom. The van der Waals surface area contributed by atoms with E-state index in [-0.39, 0.29) is 5.91 Å². The summed E-state index contributed by atoms with van der Waals surface area (Å²) in [5.74, 6) is 0.155. The smallest absolute Gasteiger partial charge is 0.254 e. The molecule has 0 saturated carbocycles. The summed E-state index contributed by atoms with van der Waals surface area (Å²) in [6, 6.07) is 18.4. The Kier molecular flexibility index (Phi) is 4.32. The first kappa shape index (κ1) is 15.4. The molecule has 1 aromatic heterocycles. The van der Waals surface area contributed by atoms with E-state index < -0.39 is 0 Å². The Hall–Kier alpha value is -2.17. The van der Waals surface area contributed by atoms with E-state index in [1.54, 1.807) is 11.3 Å². The molecule has 1 amide bonds. The van der Waals surface area contributed by atoms with Gasteiger partial charge in [0.25, 0.3) is 5.91 Å². The quantitative estimate of drug-likeness (QED) is 0.725. The SMILES string of the molecule is O=C(c1cccc2ccccc12)N1CCN(Cc2cccs2)CC1. The van der Waals surface area contributed by atoms with Gasteiger partial charge in [-0.15, -0.1) is 11.3 Å². The number of nitrogens with zero attached hydrogens (tertiary/aromatic N) is 2. The molecule has 0 N–H and O–H groups in total. The highest BCUT2D eigenvalue weighted by atomic mass is 32.1. The van der Waals surface area contributed by atoms with Crippen LogP contribution in [0.4, 0.5) is 0 Å². The maximum Gasteiger partial charge on any atom is 0.254 e. The van der Waals surface area contributed by atoms with Crippen LogP contribution in [0.2, 0.25) is 0 Å². The Morgan fingerprint density at radius 1 is 0.917 bits per heavy atom. The maximum atomic E-state index is 12.9. The van der Waals surface area contributed by atoms with E-state index in [1.165, 1.54) is 4.88 Å². The van der Waals surface area contributed by atoms with Crippen LogP contribution in [0.3, 0.4) is 0 Å². The molecular weight excluding hydrogens is 316 g/mol. The van der Waals surface area contributed by atoms with Crippen molar-refractivity contribution in [3.05, 3.63) is 70.4 Å². The number of amides is 1. The standard InChI is InChI=1S/C20H20N2OS/c23-20(19-9-3-6-16-5-1-2-8-18(16)19)22-12-10-21(11-13-22)15-17-7-4-14-24-17/h1-9,14H,10-13,15H2. The fourth-order valence-electron chi connectivity index (χ4n) is 3.31. The van der Waals surface area contributed by atoms with Crippen LogP contribution in [0.5, 0.6) is 0 Å². The molecule has 0 radical (unpaired) electrons. The zero-order valence-corrected chi connectivity index (χ0v) is 14.3. The minimum Gasteiger partial charge on any atom is -0.336 e. The highest BCUT2D eigenvalue weighted by Crippen LogP contribution is 2.21. The molecule has 0 bridgehead atoms. The van der Waals surface area contributed by atoms with Gasteiger partial charge in [0.15, 0.2) is 0 Å². The highest BCUT2D eigenvalue weighted by Gasteiger charge is 2.23. The van der Waals surface area contributed by atoms with Gasteiger partial charge in [-0.05, 0) is 28.3 Å². The minimum atomic E-state index is 0.155. The summed E-state index contributed by atoms with van der Waals surface area (Å²) in [6.07, 6.45) is 0. The summed E-state index contributed by atoms with van der Waals surface area (Å²) in [6.45, 7) is 4.47. The van der Waals surface area contributed by atoms with Gasteiger partial charge >= 0.3 is 0 Å². The number of fused-ring (bicyclic) bond motifs is 1. The van der Waals surface area contributed by atoms with Crippen molar-refractivity contribution in [2.75, 3.05) is 26.2 Å². The van der Waals surface area contributed by atoms with Crippen molar-refractivity contribution >= 4 is 28.0 Å². The fraction of sp³-hybridized carbons (Fsp3) is 0.250. The van der Waals surface area contributed by atoms with Gasteiger partial charge in [-0.2, -0.15) is 0 Å². The number of carbonyl (C=O) groups excluding carboxylic acids is 1. The molecule has 0 atom stereocenters. The van der Waals surface area contributed by atoms with Crippen molar-refractivity contribution < 1.29 is 4.79 Å². The van der Waals surface area contributed by atoms with Crippen molar-refractivity contribution in [3.8, 4) is 0 Å². The van der Waals surface area contributed by atoms with Gasteiger partial charge in [0, 0.05) is 43.2 Å². The largest absolute Gasteiger partial charge is 0.336 e. The minimum absolute atomic E-state index is 0.155. The molecule has 0 unspecified atom stereocenters. The molecule has 3 nitrogen and oxygen atoms in total. The predicted octanol–water partition coefficient (Wildman–Crippen LogP) is 3.86. The Balaban J connectivity index is 1.46. The number of thiophene rings is 1. The third kappa shape index (κ3) is 3.07. The zero-order valence-electron chi connectivity index (χ0n) is 13.5. The lowest BCUT2D eigenvalue weighted by Gasteiger charge is -2.34. The van der Waals surface area contributed by atoms with Crippen LogP contribution in [0.15, 0.2) is 60.0 Å². The van der Waals surface area contributed by atoms with Gasteiger partial charge in [-0.1, -0.05) is 42.5 Å². The topological polar surface area (TPSA) is 23.6 Å². The second-order valence-corrected chi connectivity index (χ2v) is 7.21. The van der Waals surface area contributed by atoms with E-state index in [0.717, 1.165) is 49.1 Å². The first-order chi connectivity index (χ1) is 11.8. The molecule has 2 heterocycles. The second kappa shape index (κ2) is 6.75. The molecule has 1 aliphatic rings. The average molecular weight is 336 g/mol. The molecule has 1 aliphatic heterocycles. The fourth-order valence-corrected chi connectivity index (χ4v) is 4.06. The van der Waals surface area contributed by atoms with Gasteiger partial charge in [0.05, 0.1) is 0 Å². The maximum absolute atomic E-state index is 12.9. The van der Waals surface area contributed by atoms with Crippen molar-refractivity contribution in [1.82, 2.24) is 9.80 Å². The van der Waals surface area contributed by atoms with E-state index in [1.807, 2.05) is 35.2 Å². The van der Waals surface area contributed by atoms with E-state index in [0.29, 0.717) is 0 Å². The summed E-state index contributed by atoms with van der Waals surface area (Å²) in [4.78, 5) is 18.8. The van der Waals surface area contributed by atoms with Gasteiger partial charge in [0.2, 0.25) is 0 Å². The lowest BCUT2D eigenvalue weighted by molar-refractivity contribution is 0.0631. The summed E-state index contributed by atoms with van der Waals surface area (Å²) in [5, 5.41) is 4.29. The van der Waals surface area contributed by atoms with Crippen LogP contribution in [-0.2, 0) is 6.54 Å². The van der Waals surface area contributed by atoms with Crippen molar-refractivity contribution in [2.24, 2.45) is 0 Å². The zero-order chi connectivity index (χ0) is 16.4. The number of piperazine rings is 1. The Labute approximate surface area is 146 Å². The number of rotatable bonds is 3. The number of benzene rings is 2. The van der Waals surface area contributed by atoms with Gasteiger partial charge in [-0.25, -0.2) is 0 Å². The summed E-state index contributed by atoms with van der Waals surface area (Å²) in [5.41, 5.74) is 0.819. The first-order valence-electron chi connectivity index (χ1n) is 8.33. The summed E-state index contributed by atoms with van der Waals surface area (Å²) in [7, 11) is 0. The molecule has 1 saturated heterocycles. The van der Waals surface area contributed by atoms with Gasteiger partial charge in [0.1, 0.15) is 0 Å². The molecule has 3 aromatic rings. The molecule has 24 heavy (non-hydrogen) atoms. The predicted molar refractivity (Wildman–Crippen MR) is 99.4 cm³/mol. The van der Waals surface area contributed by atoms with Crippen LogP contribution >= 0.6 is 11.3 Å². The third-order valence-electron chi connectivity index (χ3n) is 4.64. The van der Waals surface area contributed by atoms with E-state index in [4.69, 9.17) is 0 Å². The van der Waals surface area contributed by atoms with E-state index >= 15 is 0 Å². The van der Waals surface area contributed by atoms with Crippen LogP contribution in [0, 0.1) is 0 Å². The van der Waals surface area contributed by atoms with E-state index in [2.05, 4.69) is 34.5 Å². The van der Waals surface area contributed by atoms with Crippen LogP contribution in [0.25, 0.3) is 10.8 Å². The Bertz CT molecular complexity index is 830. The molecule has 122 valence electrons. The summed E-state index contributed by atoms with van der Waals surface area (Å²) < 4.78 is 0. The van der Waals surface area contributed by atoms with Crippen LogP contribution in [-0.4, -0.2) is 41.9 Å². The lowest BCUT2D eigenvalue weighted by Crippen LogP contribution is -2.48. The summed E-state index contributed by atoms with van der Waals surface area (Å²) >= 11 is 1.80. The van der Waals surface area contributed by atoms with Crippen molar-refractivity contribution in [2.45, 2.75) is 6.54 Å². The highest BCUT2D eigenvalue weighted by molar-refractivity contribution is 7.09. The molecular formula is C20H20N2OS. The van der Waals surface area contributed by atoms with Crippen molar-refractivity contribution in [3.63, 3.8) is 0 Å².